The minimum absolute atomic E-state index is 0.0131. The van der Waals surface area contributed by atoms with E-state index in [4.69, 9.17) is 9.05 Å². The molecule has 0 aliphatic rings. The first-order chi connectivity index (χ1) is 26.5. The summed E-state index contributed by atoms with van der Waals surface area (Å²) in [4.78, 5) is 25.3. The Bertz CT molecular complexity index is 911. The van der Waals surface area contributed by atoms with Gasteiger partial charge < -0.3 is 28.8 Å². The number of hydrogen-bond donors (Lipinski definition) is 2. The highest BCUT2D eigenvalue weighted by Crippen LogP contribution is 2.38. The molecule has 55 heavy (non-hydrogen) atoms. The Morgan fingerprint density at radius 1 is 0.618 bits per heavy atom. The van der Waals surface area contributed by atoms with Gasteiger partial charge in [0.05, 0.1) is 39.9 Å². The molecule has 0 saturated heterocycles. The van der Waals surface area contributed by atoms with Crippen LogP contribution in [0.5, 0.6) is 0 Å². The van der Waals surface area contributed by atoms with Gasteiger partial charge in [-0.1, -0.05) is 193 Å². The monoisotopic (exact) mass is 801 g/mol. The smallest absolute Gasteiger partial charge is 0.268 e. The number of amides is 1. The fraction of sp³-hybridized carbons (Fsp3) is 0.935. The van der Waals surface area contributed by atoms with Crippen LogP contribution in [0, 0.1) is 0 Å². The second-order valence-corrected chi connectivity index (χ2v) is 18.9. The average Bonchev–Trinajstić information content (AvgIpc) is 3.13. The minimum atomic E-state index is -4.56. The molecule has 3 atom stereocenters. The van der Waals surface area contributed by atoms with Crippen LogP contribution < -0.4 is 10.2 Å². The molecular weight excluding hydrogens is 707 g/mol. The standard InChI is InChI=1S/C46H93N2O6P/c1-6-8-10-12-14-16-18-20-21-22-23-24-25-26-27-28-30-32-34-36-38-40-46(50)47-44(43-54-55(51,52)53-42-41-48(3,4)5)45(49)39-37-35-33-31-29-19-17-15-13-11-9-7-2/h24-25,44-45,49H,6-23,26-43H2,1-5H3,(H-,47,50,51,52)/b25-24-. The Morgan fingerprint density at radius 2 is 1.00 bits per heavy atom. The zero-order valence-electron chi connectivity index (χ0n) is 37.1. The lowest BCUT2D eigenvalue weighted by atomic mass is 10.0. The fourth-order valence-electron chi connectivity index (χ4n) is 6.98. The van der Waals surface area contributed by atoms with Crippen LogP contribution in [0.2, 0.25) is 0 Å². The van der Waals surface area contributed by atoms with E-state index in [1.165, 1.54) is 161 Å². The van der Waals surface area contributed by atoms with Gasteiger partial charge in [0, 0.05) is 6.42 Å². The van der Waals surface area contributed by atoms with E-state index in [-0.39, 0.29) is 19.1 Å². The molecule has 0 aliphatic heterocycles. The maximum absolute atomic E-state index is 12.9. The number of nitrogens with one attached hydrogen (secondary N) is 1. The van der Waals surface area contributed by atoms with Crippen molar-refractivity contribution in [1.29, 1.82) is 0 Å². The number of aliphatic hydroxyl groups excluding tert-OH is 1. The van der Waals surface area contributed by atoms with Gasteiger partial charge >= 0.3 is 0 Å². The van der Waals surface area contributed by atoms with E-state index in [1.54, 1.807) is 0 Å². The number of quaternary nitrogens is 1. The van der Waals surface area contributed by atoms with Crippen molar-refractivity contribution in [3.05, 3.63) is 12.2 Å². The van der Waals surface area contributed by atoms with E-state index in [9.17, 15) is 19.4 Å². The summed E-state index contributed by atoms with van der Waals surface area (Å²) >= 11 is 0. The Balaban J connectivity index is 4.25. The Labute approximate surface area is 342 Å². The van der Waals surface area contributed by atoms with Crippen LogP contribution in [0.25, 0.3) is 0 Å². The molecule has 0 spiro atoms. The summed E-state index contributed by atoms with van der Waals surface area (Å²) in [5.74, 6) is -0.168. The van der Waals surface area contributed by atoms with Crippen LogP contribution >= 0.6 is 7.82 Å². The molecule has 0 aromatic rings. The predicted molar refractivity (Wildman–Crippen MR) is 233 cm³/mol. The number of phosphoric acid groups is 1. The van der Waals surface area contributed by atoms with Gasteiger partial charge in [-0.15, -0.1) is 0 Å². The zero-order chi connectivity index (χ0) is 40.7. The van der Waals surface area contributed by atoms with Crippen LogP contribution in [0.15, 0.2) is 12.2 Å². The summed E-state index contributed by atoms with van der Waals surface area (Å²) in [5.41, 5.74) is 0. The highest BCUT2D eigenvalue weighted by atomic mass is 31.2. The highest BCUT2D eigenvalue weighted by Gasteiger charge is 2.24. The molecule has 0 aromatic carbocycles. The molecule has 3 unspecified atom stereocenters. The topological polar surface area (TPSA) is 108 Å². The van der Waals surface area contributed by atoms with Crippen molar-refractivity contribution < 1.29 is 32.9 Å². The Morgan fingerprint density at radius 3 is 1.42 bits per heavy atom. The van der Waals surface area contributed by atoms with Crippen molar-refractivity contribution in [2.24, 2.45) is 0 Å². The molecule has 0 aromatic heterocycles. The van der Waals surface area contributed by atoms with Gasteiger partial charge in [0.25, 0.3) is 7.82 Å². The number of carbonyl (C=O) groups excluding carboxylic acids is 1. The SMILES string of the molecule is CCCCCCCCCCCC/C=C\CCCCCCCCCC(=O)NC(COP(=O)([O-])OCC[N+](C)(C)C)C(O)CCCCCCCCCCCCCC. The van der Waals surface area contributed by atoms with E-state index in [2.05, 4.69) is 31.3 Å². The van der Waals surface area contributed by atoms with E-state index in [0.717, 1.165) is 38.5 Å². The quantitative estimate of drug-likeness (QED) is 0.0275. The summed E-state index contributed by atoms with van der Waals surface area (Å²) in [6.07, 6.45) is 43.6. The molecule has 0 fully saturated rings. The first kappa shape index (κ1) is 54.2. The van der Waals surface area contributed by atoms with Gasteiger partial charge in [0.15, 0.2) is 0 Å². The summed E-state index contributed by atoms with van der Waals surface area (Å²) in [7, 11) is 1.31. The van der Waals surface area contributed by atoms with E-state index >= 15 is 0 Å². The maximum Gasteiger partial charge on any atom is 0.268 e. The second-order valence-electron chi connectivity index (χ2n) is 17.5. The van der Waals surface area contributed by atoms with Crippen molar-refractivity contribution in [1.82, 2.24) is 5.32 Å². The third-order valence-electron chi connectivity index (χ3n) is 10.8. The van der Waals surface area contributed by atoms with Crippen molar-refractivity contribution in [3.63, 3.8) is 0 Å². The molecular formula is C46H93N2O6P. The van der Waals surface area contributed by atoms with Gasteiger partial charge in [-0.3, -0.25) is 9.36 Å². The molecule has 2 N–H and O–H groups in total. The lowest BCUT2D eigenvalue weighted by molar-refractivity contribution is -0.870. The molecule has 9 heteroatoms. The lowest BCUT2D eigenvalue weighted by Crippen LogP contribution is -2.46. The van der Waals surface area contributed by atoms with Crippen LogP contribution in [0.4, 0.5) is 0 Å². The normalized spacial score (nSPS) is 14.4. The number of allylic oxidation sites excluding steroid dienone is 2. The predicted octanol–water partition coefficient (Wildman–Crippen LogP) is 12.5. The van der Waals surface area contributed by atoms with E-state index in [1.807, 2.05) is 21.1 Å². The second kappa shape index (κ2) is 38.7. The number of hydrogen-bond acceptors (Lipinski definition) is 6. The highest BCUT2D eigenvalue weighted by molar-refractivity contribution is 7.45. The Kier molecular flexibility index (Phi) is 38.2. The number of nitrogens with zero attached hydrogens (tertiary/aromatic N) is 1. The van der Waals surface area contributed by atoms with E-state index < -0.39 is 20.0 Å². The molecule has 328 valence electrons. The largest absolute Gasteiger partial charge is 0.756 e. The van der Waals surface area contributed by atoms with Gasteiger partial charge in [-0.05, 0) is 38.5 Å². The fourth-order valence-corrected chi connectivity index (χ4v) is 7.70. The van der Waals surface area contributed by atoms with Crippen molar-refractivity contribution >= 4 is 13.7 Å². The van der Waals surface area contributed by atoms with Gasteiger partial charge in [-0.25, -0.2) is 0 Å². The van der Waals surface area contributed by atoms with Crippen LogP contribution in [0.1, 0.15) is 226 Å². The molecule has 0 radical (unpaired) electrons. The third-order valence-corrected chi connectivity index (χ3v) is 11.7. The first-order valence-electron chi connectivity index (χ1n) is 23.5. The zero-order valence-corrected chi connectivity index (χ0v) is 38.0. The van der Waals surface area contributed by atoms with Gasteiger partial charge in [-0.2, -0.15) is 0 Å². The van der Waals surface area contributed by atoms with Crippen LogP contribution in [-0.2, 0) is 18.4 Å². The Hall–Kier alpha value is -0.760. The number of unbranched alkanes of at least 4 members (excludes halogenated alkanes) is 28. The molecule has 0 heterocycles. The van der Waals surface area contributed by atoms with Crippen LogP contribution in [0.3, 0.4) is 0 Å². The number of likely N-dealkylation sites (N-methyl/N-ethyl adjacent to an activating group) is 1. The number of rotatable bonds is 43. The maximum atomic E-state index is 12.9. The summed E-state index contributed by atoms with van der Waals surface area (Å²) in [6.45, 7) is 4.72. The minimum Gasteiger partial charge on any atom is -0.756 e. The third kappa shape index (κ3) is 41.2. The molecule has 1 amide bonds. The molecule has 0 saturated carbocycles. The summed E-state index contributed by atoms with van der Waals surface area (Å²) in [6, 6.07) is -0.798. The molecule has 0 bridgehead atoms. The van der Waals surface area contributed by atoms with Crippen molar-refractivity contribution in [2.75, 3.05) is 40.9 Å². The van der Waals surface area contributed by atoms with Crippen molar-refractivity contribution in [3.8, 4) is 0 Å². The molecule has 0 aliphatic carbocycles. The van der Waals surface area contributed by atoms with E-state index in [0.29, 0.717) is 23.9 Å². The summed E-state index contributed by atoms with van der Waals surface area (Å²) < 4.78 is 23.3. The number of phosphoric ester groups is 1. The number of aliphatic hydroxyl groups is 1. The molecule has 0 rings (SSSR count). The van der Waals surface area contributed by atoms with Gasteiger partial charge in [0.2, 0.25) is 5.91 Å². The summed E-state index contributed by atoms with van der Waals surface area (Å²) in [5, 5.41) is 13.9. The first-order valence-corrected chi connectivity index (χ1v) is 25.0. The van der Waals surface area contributed by atoms with Crippen LogP contribution in [-0.4, -0.2) is 68.5 Å². The number of carbonyl (C=O) groups is 1. The average molecular weight is 801 g/mol. The lowest BCUT2D eigenvalue weighted by Gasteiger charge is -2.30. The molecule has 8 nitrogen and oxygen atoms in total. The van der Waals surface area contributed by atoms with Gasteiger partial charge in [0.1, 0.15) is 13.2 Å². The van der Waals surface area contributed by atoms with Crippen molar-refractivity contribution in [2.45, 2.75) is 238 Å².